The predicted molar refractivity (Wildman–Crippen MR) is 93.3 cm³/mol. The molecule has 1 aromatic rings. The zero-order chi connectivity index (χ0) is 16.8. The van der Waals surface area contributed by atoms with Gasteiger partial charge in [-0.1, -0.05) is 18.2 Å². The monoisotopic (exact) mass is 335 g/mol. The van der Waals surface area contributed by atoms with Gasteiger partial charge in [-0.3, -0.25) is 4.79 Å². The molecule has 1 heterocycles. The van der Waals surface area contributed by atoms with Crippen LogP contribution in [0.1, 0.15) is 26.7 Å². The normalized spacial score (nSPS) is 17.5. The van der Waals surface area contributed by atoms with E-state index in [4.69, 9.17) is 5.73 Å². The highest BCUT2D eigenvalue weighted by atomic mass is 32.2. The van der Waals surface area contributed by atoms with Crippen LogP contribution < -0.4 is 5.73 Å². The second-order valence-electron chi connectivity index (χ2n) is 5.98. The Morgan fingerprint density at radius 3 is 2.65 bits per heavy atom. The maximum atomic E-state index is 12.8. The van der Waals surface area contributed by atoms with Gasteiger partial charge >= 0.3 is 6.03 Å². The van der Waals surface area contributed by atoms with Crippen molar-refractivity contribution in [3.63, 3.8) is 0 Å². The standard InChI is InChI=1S/C17H25N3O2S/c1-13(2)19(11-12-23-14-7-4-3-5-8-14)16(21)15-9-6-10-20(15)17(18)22/h3-5,7-8,13,15H,6,9-12H2,1-2H3,(H2,18,22)/t15-/m1/s1. The van der Waals surface area contributed by atoms with Crippen molar-refractivity contribution in [2.75, 3.05) is 18.8 Å². The number of hydrogen-bond donors (Lipinski definition) is 1. The zero-order valence-corrected chi connectivity index (χ0v) is 14.6. The molecule has 0 aliphatic carbocycles. The number of thioether (sulfide) groups is 1. The molecule has 1 aliphatic rings. The molecule has 5 nitrogen and oxygen atoms in total. The number of nitrogens with two attached hydrogens (primary N) is 1. The summed E-state index contributed by atoms with van der Waals surface area (Å²) in [5.41, 5.74) is 5.39. The molecule has 1 fully saturated rings. The van der Waals surface area contributed by atoms with Crippen molar-refractivity contribution < 1.29 is 9.59 Å². The Hall–Kier alpha value is -1.69. The lowest BCUT2D eigenvalue weighted by atomic mass is 10.1. The Morgan fingerprint density at radius 1 is 1.35 bits per heavy atom. The molecule has 126 valence electrons. The molecular weight excluding hydrogens is 310 g/mol. The van der Waals surface area contributed by atoms with Crippen LogP contribution in [-0.2, 0) is 4.79 Å². The minimum absolute atomic E-state index is 0.0185. The first kappa shape index (κ1) is 17.7. The lowest BCUT2D eigenvalue weighted by Gasteiger charge is -2.32. The maximum absolute atomic E-state index is 12.8. The van der Waals surface area contributed by atoms with E-state index in [1.54, 1.807) is 11.8 Å². The molecule has 0 unspecified atom stereocenters. The number of carbonyl (C=O) groups excluding carboxylic acids is 2. The molecule has 23 heavy (non-hydrogen) atoms. The minimum Gasteiger partial charge on any atom is -0.351 e. The Labute approximate surface area is 142 Å². The van der Waals surface area contributed by atoms with Gasteiger partial charge < -0.3 is 15.5 Å². The summed E-state index contributed by atoms with van der Waals surface area (Å²) in [7, 11) is 0. The van der Waals surface area contributed by atoms with E-state index in [-0.39, 0.29) is 11.9 Å². The van der Waals surface area contributed by atoms with Gasteiger partial charge in [0, 0.05) is 29.8 Å². The fourth-order valence-electron chi connectivity index (χ4n) is 2.88. The summed E-state index contributed by atoms with van der Waals surface area (Å²) in [6.45, 7) is 5.26. The molecule has 0 bridgehead atoms. The lowest BCUT2D eigenvalue weighted by Crippen LogP contribution is -2.51. The van der Waals surface area contributed by atoms with Crippen molar-refractivity contribution in [1.82, 2.24) is 9.80 Å². The van der Waals surface area contributed by atoms with E-state index in [0.717, 1.165) is 12.2 Å². The number of urea groups is 1. The zero-order valence-electron chi connectivity index (χ0n) is 13.8. The van der Waals surface area contributed by atoms with E-state index in [1.807, 2.05) is 36.9 Å². The quantitative estimate of drug-likeness (QED) is 0.813. The SMILES string of the molecule is CC(C)N(CCSc1ccccc1)C(=O)[C@H]1CCCN1C(N)=O. The van der Waals surface area contributed by atoms with E-state index >= 15 is 0 Å². The average molecular weight is 335 g/mol. The van der Waals surface area contributed by atoms with Crippen LogP contribution in [0.2, 0.25) is 0 Å². The third kappa shape index (κ3) is 4.64. The van der Waals surface area contributed by atoms with Crippen molar-refractivity contribution in [3.05, 3.63) is 30.3 Å². The van der Waals surface area contributed by atoms with Gasteiger partial charge in [-0.2, -0.15) is 0 Å². The van der Waals surface area contributed by atoms with Crippen molar-refractivity contribution in [2.24, 2.45) is 5.73 Å². The molecule has 1 saturated heterocycles. The fourth-order valence-corrected chi connectivity index (χ4v) is 3.75. The van der Waals surface area contributed by atoms with Crippen LogP contribution in [0.5, 0.6) is 0 Å². The summed E-state index contributed by atoms with van der Waals surface area (Å²) in [6.07, 6.45) is 1.54. The van der Waals surface area contributed by atoms with Crippen LogP contribution in [0, 0.1) is 0 Å². The number of hydrogen-bond acceptors (Lipinski definition) is 3. The van der Waals surface area contributed by atoms with Gasteiger partial charge in [0.2, 0.25) is 5.91 Å². The van der Waals surface area contributed by atoms with Crippen molar-refractivity contribution >= 4 is 23.7 Å². The molecule has 0 aromatic heterocycles. The first-order valence-corrected chi connectivity index (χ1v) is 9.03. The molecule has 2 rings (SSSR count). The molecule has 0 saturated carbocycles. The molecular formula is C17H25N3O2S. The Kier molecular flexibility index (Phi) is 6.33. The number of likely N-dealkylation sites (tertiary alicyclic amines) is 1. The molecule has 1 aliphatic heterocycles. The molecule has 2 N–H and O–H groups in total. The summed E-state index contributed by atoms with van der Waals surface area (Å²) in [4.78, 5) is 28.9. The number of primary amides is 1. The van der Waals surface area contributed by atoms with E-state index in [0.29, 0.717) is 19.5 Å². The van der Waals surface area contributed by atoms with Crippen molar-refractivity contribution in [1.29, 1.82) is 0 Å². The maximum Gasteiger partial charge on any atom is 0.315 e. The van der Waals surface area contributed by atoms with E-state index < -0.39 is 12.1 Å². The van der Waals surface area contributed by atoms with Gasteiger partial charge in [0.1, 0.15) is 6.04 Å². The number of benzene rings is 1. The van der Waals surface area contributed by atoms with Gasteiger partial charge in [0.25, 0.3) is 0 Å². The Morgan fingerprint density at radius 2 is 2.04 bits per heavy atom. The smallest absolute Gasteiger partial charge is 0.315 e. The molecule has 6 heteroatoms. The summed E-state index contributed by atoms with van der Waals surface area (Å²) in [5, 5.41) is 0. The van der Waals surface area contributed by atoms with Crippen LogP contribution in [0.25, 0.3) is 0 Å². The highest BCUT2D eigenvalue weighted by molar-refractivity contribution is 7.99. The molecule has 1 atom stereocenters. The van der Waals surface area contributed by atoms with Crippen LogP contribution in [0.15, 0.2) is 35.2 Å². The lowest BCUT2D eigenvalue weighted by molar-refractivity contribution is -0.136. The minimum atomic E-state index is -0.497. The summed E-state index contributed by atoms with van der Waals surface area (Å²) in [6, 6.07) is 9.37. The van der Waals surface area contributed by atoms with E-state index in [9.17, 15) is 9.59 Å². The fraction of sp³-hybridized carbons (Fsp3) is 0.529. The van der Waals surface area contributed by atoms with Gasteiger partial charge in [-0.25, -0.2) is 4.79 Å². The molecule has 3 amide bonds. The average Bonchev–Trinajstić information content (AvgIpc) is 3.01. The van der Waals surface area contributed by atoms with Crippen LogP contribution >= 0.6 is 11.8 Å². The van der Waals surface area contributed by atoms with Crippen molar-refractivity contribution in [3.8, 4) is 0 Å². The highest BCUT2D eigenvalue weighted by Gasteiger charge is 2.36. The predicted octanol–water partition coefficient (Wildman–Crippen LogP) is 2.56. The topological polar surface area (TPSA) is 66.6 Å². The van der Waals surface area contributed by atoms with E-state index in [2.05, 4.69) is 12.1 Å². The van der Waals surface area contributed by atoms with Gasteiger partial charge in [0.15, 0.2) is 0 Å². The van der Waals surface area contributed by atoms with Crippen LogP contribution in [0.3, 0.4) is 0 Å². The van der Waals surface area contributed by atoms with Gasteiger partial charge in [-0.05, 0) is 38.8 Å². The molecule has 0 radical (unpaired) electrons. The highest BCUT2D eigenvalue weighted by Crippen LogP contribution is 2.22. The third-order valence-electron chi connectivity index (χ3n) is 4.07. The van der Waals surface area contributed by atoms with E-state index in [1.165, 1.54) is 9.80 Å². The first-order valence-electron chi connectivity index (χ1n) is 8.05. The van der Waals surface area contributed by atoms with Crippen molar-refractivity contribution in [2.45, 2.75) is 43.7 Å². The first-order chi connectivity index (χ1) is 11.0. The summed E-state index contributed by atoms with van der Waals surface area (Å²) in [5.74, 6) is 0.849. The Bertz CT molecular complexity index is 536. The number of carbonyl (C=O) groups is 2. The Balaban J connectivity index is 1.95. The third-order valence-corrected chi connectivity index (χ3v) is 5.06. The van der Waals surface area contributed by atoms with Crippen LogP contribution in [-0.4, -0.2) is 52.7 Å². The number of amides is 3. The second kappa shape index (κ2) is 8.24. The molecule has 0 spiro atoms. The largest absolute Gasteiger partial charge is 0.351 e. The van der Waals surface area contributed by atoms with Crippen LogP contribution in [0.4, 0.5) is 4.79 Å². The van der Waals surface area contributed by atoms with Gasteiger partial charge in [0.05, 0.1) is 0 Å². The van der Waals surface area contributed by atoms with Gasteiger partial charge in [-0.15, -0.1) is 11.8 Å². The number of rotatable bonds is 6. The second-order valence-corrected chi connectivity index (χ2v) is 7.14. The summed E-state index contributed by atoms with van der Waals surface area (Å²) < 4.78 is 0. The molecule has 1 aromatic carbocycles. The summed E-state index contributed by atoms with van der Waals surface area (Å²) >= 11 is 1.73. The number of nitrogens with zero attached hydrogens (tertiary/aromatic N) is 2.